The molecule has 31 heavy (non-hydrogen) atoms. The van der Waals surface area contributed by atoms with Crippen LogP contribution < -0.4 is 19.5 Å². The zero-order valence-electron chi connectivity index (χ0n) is 17.8. The molecule has 8 heteroatoms. The first-order chi connectivity index (χ1) is 15.1. The van der Waals surface area contributed by atoms with Gasteiger partial charge in [0.15, 0.2) is 16.6 Å². The minimum atomic E-state index is -0.230. The Morgan fingerprint density at radius 1 is 1.06 bits per heavy atom. The van der Waals surface area contributed by atoms with Crippen LogP contribution in [0.1, 0.15) is 27.2 Å². The summed E-state index contributed by atoms with van der Waals surface area (Å²) in [5.41, 5.74) is 3.95. The van der Waals surface area contributed by atoms with Crippen LogP contribution in [-0.2, 0) is 19.5 Å². The molecule has 1 N–H and O–H groups in total. The van der Waals surface area contributed by atoms with Gasteiger partial charge in [-0.2, -0.15) is 0 Å². The molecule has 1 aliphatic rings. The molecule has 0 saturated carbocycles. The average Bonchev–Trinajstić information content (AvgIpc) is 3.24. The molecule has 4 rings (SSSR count). The first-order valence-corrected chi connectivity index (χ1v) is 10.8. The highest BCUT2D eigenvalue weighted by Gasteiger charge is 2.21. The minimum absolute atomic E-state index is 0.230. The fourth-order valence-corrected chi connectivity index (χ4v) is 4.44. The van der Waals surface area contributed by atoms with Crippen LogP contribution in [0.4, 0.5) is 5.13 Å². The molecular weight excluding hydrogens is 414 g/mol. The van der Waals surface area contributed by atoms with Crippen molar-refractivity contribution in [2.45, 2.75) is 19.5 Å². The van der Waals surface area contributed by atoms with Crippen molar-refractivity contribution in [3.05, 3.63) is 64.2 Å². The van der Waals surface area contributed by atoms with E-state index in [1.807, 2.05) is 17.5 Å². The summed E-state index contributed by atoms with van der Waals surface area (Å²) < 4.78 is 16.1. The summed E-state index contributed by atoms with van der Waals surface area (Å²) in [4.78, 5) is 19.5. The van der Waals surface area contributed by atoms with E-state index in [0.717, 1.165) is 43.2 Å². The summed E-state index contributed by atoms with van der Waals surface area (Å²) in [6, 6.07) is 11.3. The summed E-state index contributed by atoms with van der Waals surface area (Å²) in [5, 5.41) is 5.44. The number of hydrogen-bond acceptors (Lipinski definition) is 7. The molecule has 0 unspecified atom stereocenters. The van der Waals surface area contributed by atoms with Crippen LogP contribution in [0.3, 0.4) is 0 Å². The summed E-state index contributed by atoms with van der Waals surface area (Å²) in [6.07, 6.45) is 0.942. The number of carbonyl (C=O) groups excluding carboxylic acids is 1. The van der Waals surface area contributed by atoms with Crippen molar-refractivity contribution >= 4 is 22.4 Å². The summed E-state index contributed by atoms with van der Waals surface area (Å²) in [7, 11) is 4.86. The van der Waals surface area contributed by atoms with Crippen molar-refractivity contribution in [3.8, 4) is 17.2 Å². The van der Waals surface area contributed by atoms with E-state index in [1.165, 1.54) is 22.5 Å². The third-order valence-corrected chi connectivity index (χ3v) is 6.11. The normalized spacial score (nSPS) is 13.4. The number of nitrogens with one attached hydrogen (secondary N) is 1. The molecule has 1 aromatic heterocycles. The Hall–Kier alpha value is -3.10. The fourth-order valence-electron chi connectivity index (χ4n) is 3.74. The average molecular weight is 440 g/mol. The van der Waals surface area contributed by atoms with Gasteiger partial charge in [-0.05, 0) is 41.8 Å². The van der Waals surface area contributed by atoms with Crippen LogP contribution in [-0.4, -0.2) is 43.7 Å². The van der Waals surface area contributed by atoms with Crippen LogP contribution in [0.5, 0.6) is 17.2 Å². The molecule has 0 bridgehead atoms. The summed E-state index contributed by atoms with van der Waals surface area (Å²) in [6.45, 7) is 2.47. The lowest BCUT2D eigenvalue weighted by Gasteiger charge is -2.29. The second-order valence-corrected chi connectivity index (χ2v) is 8.09. The lowest BCUT2D eigenvalue weighted by Crippen LogP contribution is -2.30. The molecule has 0 saturated heterocycles. The molecule has 1 aliphatic heterocycles. The number of hydrogen-bond donors (Lipinski definition) is 1. The second kappa shape index (κ2) is 9.36. The maximum Gasteiger partial charge on any atom is 0.261 e. The van der Waals surface area contributed by atoms with E-state index < -0.39 is 0 Å². The molecule has 0 fully saturated rings. The van der Waals surface area contributed by atoms with Gasteiger partial charge in [0, 0.05) is 25.0 Å². The van der Waals surface area contributed by atoms with Gasteiger partial charge in [0.25, 0.3) is 5.91 Å². The lowest BCUT2D eigenvalue weighted by molar-refractivity contribution is 0.102. The van der Waals surface area contributed by atoms with E-state index in [4.69, 9.17) is 14.2 Å². The highest BCUT2D eigenvalue weighted by atomic mass is 32.1. The molecule has 7 nitrogen and oxygen atoms in total. The van der Waals surface area contributed by atoms with Gasteiger partial charge < -0.3 is 14.2 Å². The van der Waals surface area contributed by atoms with Crippen LogP contribution >= 0.6 is 11.3 Å². The largest absolute Gasteiger partial charge is 0.496 e. The molecule has 1 amide bonds. The Morgan fingerprint density at radius 2 is 1.77 bits per heavy atom. The Labute approximate surface area is 185 Å². The van der Waals surface area contributed by atoms with E-state index in [-0.39, 0.29) is 5.91 Å². The van der Waals surface area contributed by atoms with Gasteiger partial charge in [-0.15, -0.1) is 11.3 Å². The van der Waals surface area contributed by atoms with E-state index in [0.29, 0.717) is 16.4 Å². The zero-order valence-corrected chi connectivity index (χ0v) is 18.6. The van der Waals surface area contributed by atoms with Crippen LogP contribution in [0, 0.1) is 0 Å². The Bertz CT molecular complexity index is 1080. The SMILES string of the molecule is COc1cc2c(cc1OC)CN(Cc1csc(NC(=O)c3ccccc3OC)n1)CC2. The topological polar surface area (TPSA) is 72.9 Å². The van der Waals surface area contributed by atoms with E-state index in [9.17, 15) is 4.79 Å². The van der Waals surface area contributed by atoms with E-state index in [2.05, 4.69) is 27.3 Å². The number of para-hydroxylation sites is 1. The van der Waals surface area contributed by atoms with Crippen molar-refractivity contribution < 1.29 is 19.0 Å². The number of methoxy groups -OCH3 is 3. The molecule has 3 aromatic rings. The maximum atomic E-state index is 12.6. The zero-order chi connectivity index (χ0) is 21.8. The van der Waals surface area contributed by atoms with Gasteiger partial charge in [0.1, 0.15) is 5.75 Å². The van der Waals surface area contributed by atoms with Crippen LogP contribution in [0.15, 0.2) is 41.8 Å². The third kappa shape index (κ3) is 4.65. The monoisotopic (exact) mass is 439 g/mol. The minimum Gasteiger partial charge on any atom is -0.496 e. The Morgan fingerprint density at radius 3 is 2.52 bits per heavy atom. The molecule has 162 valence electrons. The number of amides is 1. The fraction of sp³-hybridized carbons (Fsp3) is 0.304. The predicted molar refractivity (Wildman–Crippen MR) is 120 cm³/mol. The molecular formula is C23H25N3O4S. The standard InChI is InChI=1S/C23H25N3O4S/c1-28-19-7-5-4-6-18(19)22(27)25-23-24-17(14-31-23)13-26-9-8-15-10-20(29-2)21(30-3)11-16(15)12-26/h4-7,10-11,14H,8-9,12-13H2,1-3H3,(H,24,25,27). The smallest absolute Gasteiger partial charge is 0.261 e. The number of anilines is 1. The summed E-state index contributed by atoms with van der Waals surface area (Å²) in [5.74, 6) is 1.82. The van der Waals surface area contributed by atoms with Gasteiger partial charge in [-0.1, -0.05) is 12.1 Å². The number of ether oxygens (including phenoxy) is 3. The van der Waals surface area contributed by atoms with Gasteiger partial charge in [0.05, 0.1) is 32.6 Å². The second-order valence-electron chi connectivity index (χ2n) is 7.23. The first kappa shape index (κ1) is 21.1. The van der Waals surface area contributed by atoms with Crippen LogP contribution in [0.25, 0.3) is 0 Å². The highest BCUT2D eigenvalue weighted by molar-refractivity contribution is 7.14. The van der Waals surface area contributed by atoms with Crippen molar-refractivity contribution in [3.63, 3.8) is 0 Å². The number of rotatable bonds is 7. The van der Waals surface area contributed by atoms with Crippen molar-refractivity contribution in [1.29, 1.82) is 0 Å². The Kier molecular flexibility index (Phi) is 6.39. The van der Waals surface area contributed by atoms with Gasteiger partial charge >= 0.3 is 0 Å². The number of fused-ring (bicyclic) bond motifs is 1. The molecule has 2 aromatic carbocycles. The third-order valence-electron chi connectivity index (χ3n) is 5.31. The number of nitrogens with zero attached hydrogens (tertiary/aromatic N) is 2. The number of carbonyl (C=O) groups is 1. The summed E-state index contributed by atoms with van der Waals surface area (Å²) >= 11 is 1.42. The number of benzene rings is 2. The predicted octanol–water partition coefficient (Wildman–Crippen LogP) is 3.98. The van der Waals surface area contributed by atoms with Gasteiger partial charge in [-0.25, -0.2) is 4.98 Å². The van der Waals surface area contributed by atoms with E-state index >= 15 is 0 Å². The van der Waals surface area contributed by atoms with Crippen LogP contribution in [0.2, 0.25) is 0 Å². The van der Waals surface area contributed by atoms with E-state index in [1.54, 1.807) is 33.5 Å². The van der Waals surface area contributed by atoms with Crippen molar-refractivity contribution in [1.82, 2.24) is 9.88 Å². The number of thiazole rings is 1. The molecule has 0 aliphatic carbocycles. The first-order valence-electron chi connectivity index (χ1n) is 9.96. The molecule has 2 heterocycles. The van der Waals surface area contributed by atoms with Gasteiger partial charge in [-0.3, -0.25) is 15.0 Å². The molecule has 0 radical (unpaired) electrons. The quantitative estimate of drug-likeness (QED) is 0.600. The lowest BCUT2D eigenvalue weighted by atomic mass is 9.98. The molecule has 0 spiro atoms. The Balaban J connectivity index is 1.41. The maximum absolute atomic E-state index is 12.6. The van der Waals surface area contributed by atoms with Crippen molar-refractivity contribution in [2.24, 2.45) is 0 Å². The van der Waals surface area contributed by atoms with Crippen molar-refractivity contribution in [2.75, 3.05) is 33.2 Å². The molecule has 0 atom stereocenters. The van der Waals surface area contributed by atoms with Gasteiger partial charge in [0.2, 0.25) is 0 Å². The number of aromatic nitrogens is 1. The highest BCUT2D eigenvalue weighted by Crippen LogP contribution is 2.33.